The lowest BCUT2D eigenvalue weighted by Gasteiger charge is -2.33. The highest BCUT2D eigenvalue weighted by Gasteiger charge is 2.37. The number of phenols is 1. The van der Waals surface area contributed by atoms with Crippen LogP contribution >= 0.6 is 0 Å². The van der Waals surface area contributed by atoms with Crippen molar-refractivity contribution in [2.75, 3.05) is 0 Å². The summed E-state index contributed by atoms with van der Waals surface area (Å²) in [5, 5.41) is 10.6. The van der Waals surface area contributed by atoms with Gasteiger partial charge in [-0.15, -0.1) is 0 Å². The van der Waals surface area contributed by atoms with Crippen LogP contribution in [0, 0.1) is 12.8 Å². The Balaban J connectivity index is 1.84. The minimum Gasteiger partial charge on any atom is -0.532 e. The average Bonchev–Trinajstić information content (AvgIpc) is 2.61. The van der Waals surface area contributed by atoms with Crippen LogP contribution in [-0.4, -0.2) is 12.2 Å². The van der Waals surface area contributed by atoms with Gasteiger partial charge in [-0.05, 0) is 69.1 Å². The molecule has 4 heteroatoms. The van der Waals surface area contributed by atoms with Crippen molar-refractivity contribution in [2.45, 2.75) is 53.1 Å². The monoisotopic (exact) mass is 364 g/mol. The first kappa shape index (κ1) is 19.6. The Kier molecular flexibility index (Phi) is 6.28. The van der Waals surface area contributed by atoms with Crippen molar-refractivity contribution in [1.82, 2.24) is 0 Å². The fraction of sp³-hybridized carbons (Fsp3) is 0.391. The van der Waals surface area contributed by atoms with Crippen molar-refractivity contribution < 1.29 is 14.4 Å². The predicted octanol–water partition coefficient (Wildman–Crippen LogP) is 5.32. The molecule has 1 aliphatic rings. The van der Waals surface area contributed by atoms with Crippen molar-refractivity contribution in [3.8, 4) is 11.5 Å². The fourth-order valence-electron chi connectivity index (χ4n) is 3.60. The summed E-state index contributed by atoms with van der Waals surface area (Å²) in [7, 11) is -0.449. The molecule has 0 fully saturated rings. The molecule has 0 aromatic heterocycles. The van der Waals surface area contributed by atoms with Crippen LogP contribution in [0.2, 0.25) is 0 Å². The number of aromatic hydroxyl groups is 1. The van der Waals surface area contributed by atoms with E-state index in [4.69, 9.17) is 9.31 Å². The zero-order valence-electron chi connectivity index (χ0n) is 16.7. The summed E-state index contributed by atoms with van der Waals surface area (Å²) in [4.78, 5) is 0. The third-order valence-electron chi connectivity index (χ3n) is 5.01. The highest BCUT2D eigenvalue weighted by molar-refractivity contribution is 6.62. The standard InChI is InChI=1S/C23H29BO3/c1-16(2)9-8-10-17(3)14-21-23-20(25)13-18(4)15-22(23)27-24(26-21)19-11-6-5-7-12-19/h5-7,9,11-13,15,17,21,25H,8,10,14H2,1-4H3/t17-,21?/m1/s1. The van der Waals surface area contributed by atoms with E-state index in [0.717, 1.165) is 41.6 Å². The first-order chi connectivity index (χ1) is 12.9. The smallest absolute Gasteiger partial charge is 0.532 e. The van der Waals surface area contributed by atoms with Crippen molar-refractivity contribution in [1.29, 1.82) is 0 Å². The van der Waals surface area contributed by atoms with Crippen LogP contribution in [0.1, 0.15) is 57.3 Å². The quantitative estimate of drug-likeness (QED) is 0.557. The molecule has 0 bridgehead atoms. The van der Waals surface area contributed by atoms with Gasteiger partial charge >= 0.3 is 7.12 Å². The number of hydrogen-bond donors (Lipinski definition) is 1. The Morgan fingerprint density at radius 2 is 1.96 bits per heavy atom. The summed E-state index contributed by atoms with van der Waals surface area (Å²) in [5.74, 6) is 1.47. The summed E-state index contributed by atoms with van der Waals surface area (Å²) >= 11 is 0. The van der Waals surface area contributed by atoms with Crippen LogP contribution in [-0.2, 0) is 4.65 Å². The molecule has 3 nitrogen and oxygen atoms in total. The lowest BCUT2D eigenvalue weighted by atomic mass is 9.76. The molecule has 142 valence electrons. The minimum absolute atomic E-state index is 0.179. The third kappa shape index (κ3) is 4.95. The number of rotatable bonds is 6. The number of allylic oxidation sites excluding steroid dienone is 2. The molecular formula is C23H29BO3. The summed E-state index contributed by atoms with van der Waals surface area (Å²) in [5.41, 5.74) is 4.11. The molecule has 1 heterocycles. The maximum atomic E-state index is 10.6. The molecule has 1 unspecified atom stereocenters. The maximum absolute atomic E-state index is 10.6. The second kappa shape index (κ2) is 8.66. The second-order valence-electron chi connectivity index (χ2n) is 7.88. The van der Waals surface area contributed by atoms with Crippen molar-refractivity contribution >= 4 is 12.6 Å². The Hall–Kier alpha value is -2.20. The van der Waals surface area contributed by atoms with E-state index in [0.29, 0.717) is 5.92 Å². The Labute approximate surface area is 163 Å². The number of phenolic OH excluding ortho intramolecular Hbond substituents is 1. The first-order valence-corrected chi connectivity index (χ1v) is 9.78. The van der Waals surface area contributed by atoms with Gasteiger partial charge in [0, 0.05) is 0 Å². The summed E-state index contributed by atoms with van der Waals surface area (Å²) in [6.07, 6.45) is 5.13. The molecule has 1 N–H and O–H groups in total. The van der Waals surface area contributed by atoms with Gasteiger partial charge in [-0.25, -0.2) is 0 Å². The molecule has 2 aromatic carbocycles. The summed E-state index contributed by atoms with van der Waals surface area (Å²) < 4.78 is 12.4. The van der Waals surface area contributed by atoms with Gasteiger partial charge in [-0.3, -0.25) is 0 Å². The Morgan fingerprint density at radius 1 is 1.22 bits per heavy atom. The van der Waals surface area contributed by atoms with E-state index >= 15 is 0 Å². The number of aryl methyl sites for hydroxylation is 1. The fourth-order valence-corrected chi connectivity index (χ4v) is 3.60. The molecule has 2 atom stereocenters. The Morgan fingerprint density at radius 3 is 2.67 bits per heavy atom. The summed E-state index contributed by atoms with van der Waals surface area (Å²) in [6.45, 7) is 8.48. The van der Waals surface area contributed by atoms with E-state index in [1.807, 2.05) is 43.3 Å². The van der Waals surface area contributed by atoms with Crippen LogP contribution in [0.4, 0.5) is 0 Å². The van der Waals surface area contributed by atoms with Crippen LogP contribution in [0.15, 0.2) is 54.1 Å². The van der Waals surface area contributed by atoms with Crippen LogP contribution in [0.3, 0.4) is 0 Å². The summed E-state index contributed by atoms with van der Waals surface area (Å²) in [6, 6.07) is 13.8. The van der Waals surface area contributed by atoms with Crippen molar-refractivity contribution in [2.24, 2.45) is 5.92 Å². The lowest BCUT2D eigenvalue weighted by molar-refractivity contribution is 0.127. The second-order valence-corrected chi connectivity index (χ2v) is 7.88. The largest absolute Gasteiger partial charge is 0.563 e. The van der Waals surface area contributed by atoms with Gasteiger partial charge in [0.1, 0.15) is 11.5 Å². The first-order valence-electron chi connectivity index (χ1n) is 9.78. The van der Waals surface area contributed by atoms with Crippen LogP contribution < -0.4 is 10.1 Å². The molecule has 0 saturated heterocycles. The molecule has 0 radical (unpaired) electrons. The predicted molar refractivity (Wildman–Crippen MR) is 112 cm³/mol. The Bertz CT molecular complexity index is 797. The van der Waals surface area contributed by atoms with Crippen LogP contribution in [0.25, 0.3) is 0 Å². The van der Waals surface area contributed by atoms with Crippen LogP contribution in [0.5, 0.6) is 11.5 Å². The van der Waals surface area contributed by atoms with E-state index < -0.39 is 7.12 Å². The van der Waals surface area contributed by atoms with Gasteiger partial charge < -0.3 is 14.4 Å². The molecule has 0 amide bonds. The molecule has 0 saturated carbocycles. The van der Waals surface area contributed by atoms with E-state index in [2.05, 4.69) is 26.8 Å². The number of benzene rings is 2. The van der Waals surface area contributed by atoms with Gasteiger partial charge in [0.25, 0.3) is 0 Å². The van der Waals surface area contributed by atoms with Gasteiger partial charge in [0.2, 0.25) is 0 Å². The maximum Gasteiger partial charge on any atom is 0.563 e. The highest BCUT2D eigenvalue weighted by Crippen LogP contribution is 2.43. The van der Waals surface area contributed by atoms with Crippen molar-refractivity contribution in [3.63, 3.8) is 0 Å². The van der Waals surface area contributed by atoms with E-state index in [1.54, 1.807) is 6.07 Å². The third-order valence-corrected chi connectivity index (χ3v) is 5.01. The lowest BCUT2D eigenvalue weighted by Crippen LogP contribution is -2.44. The number of hydrogen-bond acceptors (Lipinski definition) is 3. The van der Waals surface area contributed by atoms with E-state index in [-0.39, 0.29) is 11.9 Å². The molecule has 0 aliphatic carbocycles. The zero-order chi connectivity index (χ0) is 19.4. The zero-order valence-corrected chi connectivity index (χ0v) is 16.7. The van der Waals surface area contributed by atoms with Gasteiger partial charge in [-0.2, -0.15) is 0 Å². The van der Waals surface area contributed by atoms with E-state index in [9.17, 15) is 5.11 Å². The number of fused-ring (bicyclic) bond motifs is 1. The SMILES string of the molecule is CC(C)=CCC[C@@H](C)CC1OB(c2ccccc2)Oc2cc(C)cc(O)c21. The molecule has 0 spiro atoms. The normalized spacial score (nSPS) is 17.0. The molecule has 1 aliphatic heterocycles. The average molecular weight is 364 g/mol. The van der Waals surface area contributed by atoms with Gasteiger partial charge in [0.05, 0.1) is 11.7 Å². The molecule has 2 aromatic rings. The topological polar surface area (TPSA) is 38.7 Å². The van der Waals surface area contributed by atoms with Crippen molar-refractivity contribution in [3.05, 3.63) is 65.2 Å². The van der Waals surface area contributed by atoms with Gasteiger partial charge in [0.15, 0.2) is 0 Å². The van der Waals surface area contributed by atoms with E-state index in [1.165, 1.54) is 5.57 Å². The molecule has 27 heavy (non-hydrogen) atoms. The minimum atomic E-state index is -0.449. The molecule has 3 rings (SSSR count). The van der Waals surface area contributed by atoms with Gasteiger partial charge in [-0.1, -0.05) is 48.9 Å². The highest BCUT2D eigenvalue weighted by atomic mass is 16.6. The molecular weight excluding hydrogens is 335 g/mol.